The van der Waals surface area contributed by atoms with E-state index in [1.807, 2.05) is 0 Å². The Hall–Kier alpha value is -0.710. The number of hydrogen-bond donors (Lipinski definition) is 1. The van der Waals surface area contributed by atoms with Crippen molar-refractivity contribution in [2.24, 2.45) is 5.73 Å². The zero-order chi connectivity index (χ0) is 10.6. The van der Waals surface area contributed by atoms with E-state index in [-0.39, 0.29) is 12.3 Å². The van der Waals surface area contributed by atoms with Crippen LogP contribution >= 0.6 is 11.8 Å². The van der Waals surface area contributed by atoms with Gasteiger partial charge in [-0.15, -0.1) is 11.8 Å². The van der Waals surface area contributed by atoms with E-state index in [9.17, 15) is 9.59 Å². The van der Waals surface area contributed by atoms with Crippen LogP contribution in [0.15, 0.2) is 0 Å². The molecule has 4 nitrogen and oxygen atoms in total. The van der Waals surface area contributed by atoms with E-state index in [0.717, 1.165) is 0 Å². The van der Waals surface area contributed by atoms with E-state index in [2.05, 4.69) is 0 Å². The Labute approximate surface area is 82.8 Å². The lowest BCUT2D eigenvalue weighted by atomic mass is 10.1. The molecule has 0 aromatic heterocycles. The van der Waals surface area contributed by atoms with Crippen LogP contribution in [0, 0.1) is 0 Å². The maximum atomic E-state index is 11.3. The third-order valence-electron chi connectivity index (χ3n) is 1.96. The third-order valence-corrected chi connectivity index (χ3v) is 3.21. The molecule has 13 heavy (non-hydrogen) atoms. The molecule has 0 rings (SSSR count). The van der Waals surface area contributed by atoms with Gasteiger partial charge >= 0.3 is 0 Å². The first-order valence-electron chi connectivity index (χ1n) is 3.88. The molecule has 0 aromatic rings. The maximum Gasteiger partial charge on any atom is 0.233 e. The lowest BCUT2D eigenvalue weighted by molar-refractivity contribution is -0.132. The summed E-state index contributed by atoms with van der Waals surface area (Å²) < 4.78 is -0.790. The number of primary amides is 1. The first-order chi connectivity index (χ1) is 5.83. The van der Waals surface area contributed by atoms with E-state index >= 15 is 0 Å². The van der Waals surface area contributed by atoms with Gasteiger partial charge in [0.2, 0.25) is 11.8 Å². The fourth-order valence-electron chi connectivity index (χ4n) is 0.707. The van der Waals surface area contributed by atoms with Gasteiger partial charge in [0.15, 0.2) is 0 Å². The lowest BCUT2D eigenvalue weighted by Gasteiger charge is -2.24. The molecule has 0 heterocycles. The van der Waals surface area contributed by atoms with Crippen molar-refractivity contribution < 1.29 is 9.59 Å². The summed E-state index contributed by atoms with van der Waals surface area (Å²) in [5.74, 6) is -0.536. The van der Waals surface area contributed by atoms with Crippen molar-refractivity contribution in [3.63, 3.8) is 0 Å². The van der Waals surface area contributed by atoms with Crippen LogP contribution in [0.3, 0.4) is 0 Å². The Kier molecular flexibility index (Phi) is 4.26. The molecule has 0 bridgehead atoms. The Morgan fingerprint density at radius 2 is 1.92 bits per heavy atom. The summed E-state index contributed by atoms with van der Waals surface area (Å²) >= 11 is 1.30. The molecule has 2 amide bonds. The highest BCUT2D eigenvalue weighted by Crippen LogP contribution is 2.26. The first kappa shape index (κ1) is 12.3. The second-order valence-electron chi connectivity index (χ2n) is 3.26. The van der Waals surface area contributed by atoms with Crippen LogP contribution in [0.1, 0.15) is 13.3 Å². The number of nitrogens with zero attached hydrogens (tertiary/aromatic N) is 1. The van der Waals surface area contributed by atoms with Gasteiger partial charge in [-0.1, -0.05) is 0 Å². The first-order valence-corrected chi connectivity index (χ1v) is 5.11. The Bertz CT molecular complexity index is 218. The highest BCUT2D eigenvalue weighted by Gasteiger charge is 2.33. The van der Waals surface area contributed by atoms with E-state index in [1.165, 1.54) is 16.7 Å². The molecule has 0 radical (unpaired) electrons. The van der Waals surface area contributed by atoms with Crippen LogP contribution in [0.25, 0.3) is 0 Å². The molecular weight excluding hydrogens is 188 g/mol. The zero-order valence-corrected chi connectivity index (χ0v) is 9.27. The number of rotatable bonds is 4. The smallest absolute Gasteiger partial charge is 0.233 e. The topological polar surface area (TPSA) is 63.4 Å². The van der Waals surface area contributed by atoms with Crippen LogP contribution in [0.2, 0.25) is 0 Å². The van der Waals surface area contributed by atoms with Crippen molar-refractivity contribution >= 4 is 23.6 Å². The Morgan fingerprint density at radius 3 is 2.15 bits per heavy atom. The molecule has 0 saturated heterocycles. The molecule has 0 saturated carbocycles. The number of carbonyl (C=O) groups is 2. The van der Waals surface area contributed by atoms with E-state index in [1.54, 1.807) is 27.3 Å². The molecule has 0 aliphatic heterocycles. The number of carbonyl (C=O) groups excluding carboxylic acids is 2. The van der Waals surface area contributed by atoms with Crippen molar-refractivity contribution in [3.8, 4) is 0 Å². The third kappa shape index (κ3) is 3.26. The van der Waals surface area contributed by atoms with Crippen LogP contribution in [-0.4, -0.2) is 41.8 Å². The van der Waals surface area contributed by atoms with Crippen molar-refractivity contribution in [1.29, 1.82) is 0 Å². The molecule has 0 aromatic carbocycles. The molecule has 1 unspecified atom stereocenters. The average Bonchev–Trinajstić information content (AvgIpc) is 2.03. The molecule has 1 atom stereocenters. The highest BCUT2D eigenvalue weighted by atomic mass is 32.2. The SMILES string of the molecule is CSC(C)(CC(=O)N(C)C)C(N)=O. The van der Waals surface area contributed by atoms with E-state index < -0.39 is 10.7 Å². The second kappa shape index (κ2) is 4.50. The van der Waals surface area contributed by atoms with Crippen molar-refractivity contribution in [2.75, 3.05) is 20.4 Å². The standard InChI is InChI=1S/C8H16N2O2S/c1-8(13-4,7(9)12)5-6(11)10(2)3/h5H2,1-4H3,(H2,9,12). The molecule has 76 valence electrons. The van der Waals surface area contributed by atoms with Gasteiger partial charge in [-0.25, -0.2) is 0 Å². The number of thioether (sulfide) groups is 1. The van der Waals surface area contributed by atoms with Gasteiger partial charge in [-0.2, -0.15) is 0 Å². The van der Waals surface area contributed by atoms with Crippen molar-refractivity contribution in [1.82, 2.24) is 4.90 Å². The lowest BCUT2D eigenvalue weighted by Crippen LogP contribution is -2.42. The Balaban J connectivity index is 4.45. The fraction of sp³-hybridized carbons (Fsp3) is 0.750. The molecule has 5 heteroatoms. The summed E-state index contributed by atoms with van der Waals surface area (Å²) in [6.45, 7) is 1.68. The summed E-state index contributed by atoms with van der Waals surface area (Å²) in [5.41, 5.74) is 5.20. The largest absolute Gasteiger partial charge is 0.368 e. The average molecular weight is 204 g/mol. The summed E-state index contributed by atoms with van der Waals surface area (Å²) in [6, 6.07) is 0. The van der Waals surface area contributed by atoms with Gasteiger partial charge in [0.05, 0.1) is 11.2 Å². The molecule has 0 spiro atoms. The van der Waals surface area contributed by atoms with E-state index in [4.69, 9.17) is 5.73 Å². The van der Waals surface area contributed by atoms with Gasteiger partial charge in [-0.05, 0) is 13.2 Å². The highest BCUT2D eigenvalue weighted by molar-refractivity contribution is 8.00. The quantitative estimate of drug-likeness (QED) is 0.705. The van der Waals surface area contributed by atoms with Gasteiger partial charge in [0.25, 0.3) is 0 Å². The van der Waals surface area contributed by atoms with E-state index in [0.29, 0.717) is 0 Å². The molecule has 2 N–H and O–H groups in total. The minimum absolute atomic E-state index is 0.0874. The number of nitrogens with two attached hydrogens (primary N) is 1. The molecule has 0 aliphatic rings. The maximum absolute atomic E-state index is 11.3. The predicted molar refractivity (Wildman–Crippen MR) is 54.4 cm³/mol. The zero-order valence-electron chi connectivity index (χ0n) is 8.46. The van der Waals surface area contributed by atoms with Gasteiger partial charge in [0, 0.05) is 14.1 Å². The Morgan fingerprint density at radius 1 is 1.46 bits per heavy atom. The summed E-state index contributed by atoms with van der Waals surface area (Å²) in [7, 11) is 3.31. The summed E-state index contributed by atoms with van der Waals surface area (Å²) in [6.07, 6.45) is 1.92. The molecule has 0 aliphatic carbocycles. The minimum atomic E-state index is -0.790. The minimum Gasteiger partial charge on any atom is -0.368 e. The normalized spacial score (nSPS) is 14.8. The second-order valence-corrected chi connectivity index (χ2v) is 4.57. The van der Waals surface area contributed by atoms with Crippen LogP contribution in [0.4, 0.5) is 0 Å². The number of amides is 2. The van der Waals surface area contributed by atoms with Gasteiger partial charge in [0.1, 0.15) is 0 Å². The van der Waals surface area contributed by atoms with Crippen LogP contribution in [0.5, 0.6) is 0 Å². The van der Waals surface area contributed by atoms with Gasteiger partial charge < -0.3 is 10.6 Å². The predicted octanol–water partition coefficient (Wildman–Crippen LogP) is 0.0717. The monoisotopic (exact) mass is 204 g/mol. The van der Waals surface area contributed by atoms with Crippen molar-refractivity contribution in [3.05, 3.63) is 0 Å². The fourth-order valence-corrected chi connectivity index (χ4v) is 1.18. The van der Waals surface area contributed by atoms with Crippen LogP contribution in [-0.2, 0) is 9.59 Å². The van der Waals surface area contributed by atoms with Gasteiger partial charge in [-0.3, -0.25) is 9.59 Å². The number of hydrogen-bond acceptors (Lipinski definition) is 3. The summed E-state index contributed by atoms with van der Waals surface area (Å²) in [4.78, 5) is 23.8. The van der Waals surface area contributed by atoms with Crippen molar-refractivity contribution in [2.45, 2.75) is 18.1 Å². The molecule has 0 fully saturated rings. The molecular formula is C8H16N2O2S. The van der Waals surface area contributed by atoms with Crippen LogP contribution < -0.4 is 5.73 Å². The summed E-state index contributed by atoms with van der Waals surface area (Å²) in [5, 5.41) is 0.